The molecule has 1 saturated heterocycles. The standard InChI is InChI=1S/C23H26ClN3O8S2/c1-26(2)36(30,31)19-8-9-20(24)21(15-19)25-22(28)16-35-23(29)10-5-17-3-6-18(7-4-17)37(32,33)27-11-13-34-14-12-27/h3-10,15H,11-14,16H2,1-2H3,(H,25,28). The molecule has 0 aromatic heterocycles. The van der Waals surface area contributed by atoms with E-state index in [0.717, 1.165) is 10.4 Å². The molecule has 37 heavy (non-hydrogen) atoms. The third-order valence-electron chi connectivity index (χ3n) is 5.24. The molecule has 0 aliphatic carbocycles. The number of sulfonamides is 2. The van der Waals surface area contributed by atoms with Gasteiger partial charge in [0.2, 0.25) is 20.0 Å². The number of benzene rings is 2. The highest BCUT2D eigenvalue weighted by Gasteiger charge is 2.26. The fraction of sp³-hybridized carbons (Fsp3) is 0.304. The minimum absolute atomic E-state index is 0.0494. The van der Waals surface area contributed by atoms with Crippen molar-refractivity contribution >= 4 is 55.3 Å². The second-order valence-corrected chi connectivity index (χ2v) is 12.5. The molecule has 11 nitrogen and oxygen atoms in total. The van der Waals surface area contributed by atoms with Crippen molar-refractivity contribution in [3.05, 3.63) is 59.1 Å². The molecule has 0 atom stereocenters. The zero-order chi connectivity index (χ0) is 27.2. The van der Waals surface area contributed by atoms with Gasteiger partial charge in [0.05, 0.1) is 33.7 Å². The van der Waals surface area contributed by atoms with Crippen molar-refractivity contribution in [3.63, 3.8) is 0 Å². The first-order chi connectivity index (χ1) is 17.4. The second kappa shape index (κ2) is 12.2. The second-order valence-electron chi connectivity index (χ2n) is 8.00. The summed E-state index contributed by atoms with van der Waals surface area (Å²) in [4.78, 5) is 24.3. The Morgan fingerprint density at radius 2 is 1.68 bits per heavy atom. The molecule has 1 amide bonds. The number of hydrogen-bond donors (Lipinski definition) is 1. The summed E-state index contributed by atoms with van der Waals surface area (Å²) in [5.41, 5.74) is 0.598. The third-order valence-corrected chi connectivity index (χ3v) is 9.29. The van der Waals surface area contributed by atoms with E-state index in [-0.39, 0.29) is 33.6 Å². The molecule has 14 heteroatoms. The Kier molecular flexibility index (Phi) is 9.45. The van der Waals surface area contributed by atoms with Gasteiger partial charge in [-0.15, -0.1) is 0 Å². The highest BCUT2D eigenvalue weighted by Crippen LogP contribution is 2.26. The van der Waals surface area contributed by atoms with E-state index in [1.807, 2.05) is 0 Å². The Morgan fingerprint density at radius 1 is 1.05 bits per heavy atom. The van der Waals surface area contributed by atoms with Gasteiger partial charge in [-0.2, -0.15) is 4.31 Å². The van der Waals surface area contributed by atoms with E-state index < -0.39 is 38.5 Å². The summed E-state index contributed by atoms with van der Waals surface area (Å²) in [6, 6.07) is 9.82. The van der Waals surface area contributed by atoms with Crippen LogP contribution in [0.1, 0.15) is 5.56 Å². The summed E-state index contributed by atoms with van der Waals surface area (Å²) < 4.78 is 62.4. The fourth-order valence-electron chi connectivity index (χ4n) is 3.19. The van der Waals surface area contributed by atoms with Crippen LogP contribution in [0.15, 0.2) is 58.3 Å². The number of morpholine rings is 1. The first-order valence-corrected chi connectivity index (χ1v) is 14.2. The molecular formula is C23H26ClN3O8S2. The lowest BCUT2D eigenvalue weighted by Crippen LogP contribution is -2.40. The molecule has 1 aliphatic rings. The average Bonchev–Trinajstić information content (AvgIpc) is 2.88. The largest absolute Gasteiger partial charge is 0.452 e. The SMILES string of the molecule is CN(C)S(=O)(=O)c1ccc(Cl)c(NC(=O)COC(=O)C=Cc2ccc(S(=O)(=O)N3CCOCC3)cc2)c1. The molecule has 2 aromatic rings. The van der Waals surface area contributed by atoms with Crippen molar-refractivity contribution in [2.45, 2.75) is 9.79 Å². The number of ether oxygens (including phenoxy) is 2. The predicted molar refractivity (Wildman–Crippen MR) is 137 cm³/mol. The lowest BCUT2D eigenvalue weighted by molar-refractivity contribution is -0.142. The number of halogens is 1. The third kappa shape index (κ3) is 7.37. The number of esters is 1. The van der Waals surface area contributed by atoms with E-state index in [0.29, 0.717) is 18.8 Å². The average molecular weight is 572 g/mol. The van der Waals surface area contributed by atoms with Crippen LogP contribution in [-0.2, 0) is 39.1 Å². The maximum atomic E-state index is 12.7. The van der Waals surface area contributed by atoms with Crippen LogP contribution in [0.4, 0.5) is 5.69 Å². The van der Waals surface area contributed by atoms with Crippen molar-refractivity contribution in [1.82, 2.24) is 8.61 Å². The summed E-state index contributed by atoms with van der Waals surface area (Å²) in [6.07, 6.45) is 2.51. The van der Waals surface area contributed by atoms with Crippen molar-refractivity contribution in [1.29, 1.82) is 0 Å². The van der Waals surface area contributed by atoms with Gasteiger partial charge in [-0.1, -0.05) is 23.7 Å². The molecule has 0 radical (unpaired) electrons. The van der Waals surface area contributed by atoms with Gasteiger partial charge in [-0.25, -0.2) is 25.9 Å². The molecule has 0 saturated carbocycles. The smallest absolute Gasteiger partial charge is 0.331 e. The van der Waals surface area contributed by atoms with Gasteiger partial charge in [-0.05, 0) is 42.0 Å². The van der Waals surface area contributed by atoms with Crippen LogP contribution in [0.5, 0.6) is 0 Å². The predicted octanol–water partition coefficient (Wildman–Crippen LogP) is 1.81. The minimum Gasteiger partial charge on any atom is -0.452 e. The summed E-state index contributed by atoms with van der Waals surface area (Å²) in [5.74, 6) is -1.53. The van der Waals surface area contributed by atoms with E-state index >= 15 is 0 Å². The fourth-order valence-corrected chi connectivity index (χ4v) is 5.69. The van der Waals surface area contributed by atoms with Gasteiger partial charge in [0.1, 0.15) is 0 Å². The quantitative estimate of drug-likeness (QED) is 0.355. The Labute approximate surface area is 220 Å². The van der Waals surface area contributed by atoms with Crippen LogP contribution < -0.4 is 5.32 Å². The van der Waals surface area contributed by atoms with Gasteiger partial charge in [0.15, 0.2) is 6.61 Å². The van der Waals surface area contributed by atoms with Crippen LogP contribution in [-0.4, -0.2) is 84.3 Å². The molecule has 1 heterocycles. The van der Waals surface area contributed by atoms with E-state index in [1.165, 1.54) is 54.8 Å². The Bertz CT molecular complexity index is 1390. The first-order valence-electron chi connectivity index (χ1n) is 11.0. The number of hydrogen-bond acceptors (Lipinski definition) is 8. The van der Waals surface area contributed by atoms with E-state index in [2.05, 4.69) is 5.32 Å². The van der Waals surface area contributed by atoms with Crippen LogP contribution in [0.3, 0.4) is 0 Å². The highest BCUT2D eigenvalue weighted by molar-refractivity contribution is 7.89. The number of carbonyl (C=O) groups is 2. The first kappa shape index (κ1) is 28.8. The molecule has 200 valence electrons. The number of rotatable bonds is 9. The van der Waals surface area contributed by atoms with Crippen LogP contribution >= 0.6 is 11.6 Å². The molecule has 0 spiro atoms. The zero-order valence-corrected chi connectivity index (χ0v) is 22.5. The Hall–Kier alpha value is -2.81. The van der Waals surface area contributed by atoms with E-state index in [9.17, 15) is 26.4 Å². The maximum absolute atomic E-state index is 12.7. The summed E-state index contributed by atoms with van der Waals surface area (Å²) in [7, 11) is -4.62. The molecular weight excluding hydrogens is 546 g/mol. The van der Waals surface area contributed by atoms with Crippen molar-refractivity contribution in [3.8, 4) is 0 Å². The lowest BCUT2D eigenvalue weighted by atomic mass is 10.2. The molecule has 1 fully saturated rings. The lowest BCUT2D eigenvalue weighted by Gasteiger charge is -2.26. The van der Waals surface area contributed by atoms with Crippen molar-refractivity contribution < 1.29 is 35.9 Å². The van der Waals surface area contributed by atoms with Crippen molar-refractivity contribution in [2.24, 2.45) is 0 Å². The molecule has 0 unspecified atom stereocenters. The topological polar surface area (TPSA) is 139 Å². The normalized spacial score (nSPS) is 15.1. The van der Waals surface area contributed by atoms with E-state index in [1.54, 1.807) is 12.1 Å². The number of nitrogens with zero attached hydrogens (tertiary/aromatic N) is 2. The Balaban J connectivity index is 1.55. The van der Waals surface area contributed by atoms with Gasteiger partial charge in [0, 0.05) is 33.3 Å². The summed E-state index contributed by atoms with van der Waals surface area (Å²) in [6.45, 7) is 0.628. The molecule has 1 aliphatic heterocycles. The zero-order valence-electron chi connectivity index (χ0n) is 20.1. The van der Waals surface area contributed by atoms with Gasteiger partial charge < -0.3 is 14.8 Å². The van der Waals surface area contributed by atoms with Gasteiger partial charge in [-0.3, -0.25) is 4.79 Å². The molecule has 3 rings (SSSR count). The summed E-state index contributed by atoms with van der Waals surface area (Å²) in [5, 5.41) is 2.52. The number of anilines is 1. The molecule has 2 aromatic carbocycles. The number of carbonyl (C=O) groups excluding carboxylic acids is 2. The summed E-state index contributed by atoms with van der Waals surface area (Å²) >= 11 is 6.05. The van der Waals surface area contributed by atoms with Gasteiger partial charge in [0.25, 0.3) is 5.91 Å². The molecule has 0 bridgehead atoms. The van der Waals surface area contributed by atoms with Crippen LogP contribution in [0, 0.1) is 0 Å². The van der Waals surface area contributed by atoms with Crippen LogP contribution in [0.2, 0.25) is 5.02 Å². The maximum Gasteiger partial charge on any atom is 0.331 e. The van der Waals surface area contributed by atoms with Crippen LogP contribution in [0.25, 0.3) is 6.08 Å². The van der Waals surface area contributed by atoms with Crippen molar-refractivity contribution in [2.75, 3.05) is 52.3 Å². The highest BCUT2D eigenvalue weighted by atomic mass is 35.5. The van der Waals surface area contributed by atoms with E-state index in [4.69, 9.17) is 21.1 Å². The molecule has 1 N–H and O–H groups in total. The number of nitrogens with one attached hydrogen (secondary N) is 1. The van der Waals surface area contributed by atoms with Gasteiger partial charge >= 0.3 is 5.97 Å². The Morgan fingerprint density at radius 3 is 2.30 bits per heavy atom. The monoisotopic (exact) mass is 571 g/mol. The number of amides is 1. The minimum atomic E-state index is -3.74.